The molecule has 4 nitrogen and oxygen atoms in total. The number of hydrogen-bond donors (Lipinski definition) is 1. The molecule has 0 radical (unpaired) electrons. The van der Waals surface area contributed by atoms with E-state index in [0.717, 1.165) is 23.8 Å². The standard InChI is InChI=1S/C24H29N3O/c1-28-19-13-11-18(12-14-19)25-17-27-23-10-3-2-8-22(23)26-21-9-6-7-20(21)24(27)15-4-5-16-24/h2-3,8,10-14,20,25H,4-7,9,15-17H2,1H3. The second kappa shape index (κ2) is 7.16. The third-order valence-electron chi connectivity index (χ3n) is 6.95. The highest BCUT2D eigenvalue weighted by Gasteiger charge is 2.50. The van der Waals surface area contributed by atoms with Crippen LogP contribution in [-0.2, 0) is 0 Å². The summed E-state index contributed by atoms with van der Waals surface area (Å²) in [5, 5.41) is 3.68. The third kappa shape index (κ3) is 2.86. The highest BCUT2D eigenvalue weighted by molar-refractivity contribution is 5.95. The first kappa shape index (κ1) is 17.6. The first-order chi connectivity index (χ1) is 13.8. The number of ether oxygens (including phenoxy) is 1. The summed E-state index contributed by atoms with van der Waals surface area (Å²) in [6.45, 7) is 0.808. The van der Waals surface area contributed by atoms with Gasteiger partial charge in [-0.3, -0.25) is 4.99 Å². The number of rotatable bonds is 4. The molecule has 0 aromatic heterocycles. The zero-order valence-electron chi connectivity index (χ0n) is 16.7. The van der Waals surface area contributed by atoms with Crippen LogP contribution < -0.4 is 15.0 Å². The van der Waals surface area contributed by atoms with Crippen molar-refractivity contribution in [2.24, 2.45) is 10.9 Å². The Bertz CT molecular complexity index is 868. The smallest absolute Gasteiger partial charge is 0.119 e. The van der Waals surface area contributed by atoms with E-state index in [1.807, 2.05) is 12.1 Å². The normalized spacial score (nSPS) is 22.4. The molecule has 28 heavy (non-hydrogen) atoms. The summed E-state index contributed by atoms with van der Waals surface area (Å²) in [4.78, 5) is 7.84. The lowest BCUT2D eigenvalue weighted by atomic mass is 9.78. The zero-order chi connectivity index (χ0) is 19.0. The summed E-state index contributed by atoms with van der Waals surface area (Å²) in [6.07, 6.45) is 8.93. The molecule has 1 unspecified atom stereocenters. The van der Waals surface area contributed by atoms with Gasteiger partial charge in [0.25, 0.3) is 0 Å². The Labute approximate surface area is 167 Å². The first-order valence-electron chi connectivity index (χ1n) is 10.6. The fourth-order valence-electron chi connectivity index (χ4n) is 5.64. The van der Waals surface area contributed by atoms with Gasteiger partial charge in [0.1, 0.15) is 5.75 Å². The van der Waals surface area contributed by atoms with Crippen LogP contribution in [0.4, 0.5) is 17.1 Å². The molecule has 1 atom stereocenters. The second-order valence-corrected chi connectivity index (χ2v) is 8.34. The van der Waals surface area contributed by atoms with Crippen LogP contribution in [0.5, 0.6) is 5.75 Å². The van der Waals surface area contributed by atoms with E-state index < -0.39 is 0 Å². The summed E-state index contributed by atoms with van der Waals surface area (Å²) in [5.74, 6) is 1.49. The number of nitrogens with zero attached hydrogens (tertiary/aromatic N) is 2. The van der Waals surface area contributed by atoms with Crippen LogP contribution in [0.2, 0.25) is 0 Å². The van der Waals surface area contributed by atoms with Gasteiger partial charge in [0.15, 0.2) is 0 Å². The molecule has 5 rings (SSSR count). The third-order valence-corrected chi connectivity index (χ3v) is 6.95. The van der Waals surface area contributed by atoms with Gasteiger partial charge in [0, 0.05) is 17.3 Å². The maximum Gasteiger partial charge on any atom is 0.119 e. The van der Waals surface area contributed by atoms with E-state index >= 15 is 0 Å². The van der Waals surface area contributed by atoms with Crippen molar-refractivity contribution in [3.8, 4) is 5.75 Å². The lowest BCUT2D eigenvalue weighted by molar-refractivity contribution is 0.318. The highest BCUT2D eigenvalue weighted by Crippen LogP contribution is 2.52. The number of hydrogen-bond acceptors (Lipinski definition) is 4. The monoisotopic (exact) mass is 375 g/mol. The Balaban J connectivity index is 1.51. The predicted molar refractivity (Wildman–Crippen MR) is 116 cm³/mol. The highest BCUT2D eigenvalue weighted by atomic mass is 16.5. The van der Waals surface area contributed by atoms with E-state index in [-0.39, 0.29) is 5.54 Å². The number of benzene rings is 2. The van der Waals surface area contributed by atoms with Gasteiger partial charge in [-0.25, -0.2) is 0 Å². The van der Waals surface area contributed by atoms with Crippen LogP contribution in [0.25, 0.3) is 0 Å². The van der Waals surface area contributed by atoms with E-state index in [1.54, 1.807) is 7.11 Å². The average molecular weight is 376 g/mol. The van der Waals surface area contributed by atoms with Gasteiger partial charge in [-0.1, -0.05) is 25.0 Å². The molecule has 2 aromatic rings. The van der Waals surface area contributed by atoms with Crippen LogP contribution in [0.3, 0.4) is 0 Å². The second-order valence-electron chi connectivity index (χ2n) is 8.34. The van der Waals surface area contributed by atoms with Gasteiger partial charge in [0.2, 0.25) is 0 Å². The molecule has 0 saturated heterocycles. The number of anilines is 2. The van der Waals surface area contributed by atoms with Crippen LogP contribution in [0.1, 0.15) is 44.9 Å². The number of fused-ring (bicyclic) bond motifs is 3. The maximum atomic E-state index is 5.30. The minimum absolute atomic E-state index is 0.210. The minimum atomic E-state index is 0.210. The van der Waals surface area contributed by atoms with Crippen molar-refractivity contribution in [3.63, 3.8) is 0 Å². The van der Waals surface area contributed by atoms with Gasteiger partial charge < -0.3 is 15.0 Å². The first-order valence-corrected chi connectivity index (χ1v) is 10.6. The van der Waals surface area contributed by atoms with Crippen LogP contribution >= 0.6 is 0 Å². The van der Waals surface area contributed by atoms with Crippen LogP contribution in [-0.4, -0.2) is 25.0 Å². The quantitative estimate of drug-likeness (QED) is 0.737. The zero-order valence-corrected chi connectivity index (χ0v) is 16.7. The SMILES string of the molecule is COc1ccc(NCN2c3ccccc3N=C3CCCC3C23CCCC3)cc1. The lowest BCUT2D eigenvalue weighted by Crippen LogP contribution is -2.54. The predicted octanol–water partition coefficient (Wildman–Crippen LogP) is 5.77. The molecule has 2 fully saturated rings. The van der Waals surface area contributed by atoms with Crippen molar-refractivity contribution in [1.29, 1.82) is 0 Å². The van der Waals surface area contributed by atoms with Gasteiger partial charge in [-0.05, 0) is 68.5 Å². The Kier molecular flexibility index (Phi) is 4.50. The van der Waals surface area contributed by atoms with Crippen molar-refractivity contribution in [2.75, 3.05) is 24.0 Å². The van der Waals surface area contributed by atoms with Crippen molar-refractivity contribution in [3.05, 3.63) is 48.5 Å². The molecule has 1 spiro atoms. The summed E-state index contributed by atoms with van der Waals surface area (Å²) < 4.78 is 5.30. The van der Waals surface area contributed by atoms with Crippen molar-refractivity contribution in [1.82, 2.24) is 0 Å². The van der Waals surface area contributed by atoms with E-state index in [4.69, 9.17) is 9.73 Å². The maximum absolute atomic E-state index is 5.30. The van der Waals surface area contributed by atoms with Gasteiger partial charge >= 0.3 is 0 Å². The minimum Gasteiger partial charge on any atom is -0.497 e. The fraction of sp³-hybridized carbons (Fsp3) is 0.458. The van der Waals surface area contributed by atoms with Crippen molar-refractivity contribution < 1.29 is 4.74 Å². The summed E-state index contributed by atoms with van der Waals surface area (Å²) >= 11 is 0. The molecule has 2 aliphatic carbocycles. The molecule has 0 amide bonds. The Hall–Kier alpha value is -2.49. The summed E-state index contributed by atoms with van der Waals surface area (Å²) in [5.41, 5.74) is 5.21. The van der Waals surface area contributed by atoms with E-state index in [9.17, 15) is 0 Å². The van der Waals surface area contributed by atoms with Crippen molar-refractivity contribution >= 4 is 22.8 Å². The number of nitrogens with one attached hydrogen (secondary N) is 1. The molecule has 3 aliphatic rings. The summed E-state index contributed by atoms with van der Waals surface area (Å²) in [6, 6.07) is 17.0. The number of aliphatic imine (C=N–C) groups is 1. The number of para-hydroxylation sites is 2. The average Bonchev–Trinajstić information content (AvgIpc) is 3.38. The Morgan fingerprint density at radius 2 is 1.86 bits per heavy atom. The molecule has 1 N–H and O–H groups in total. The topological polar surface area (TPSA) is 36.9 Å². The molecule has 2 aromatic carbocycles. The molecule has 1 heterocycles. The van der Waals surface area contributed by atoms with Gasteiger partial charge in [-0.15, -0.1) is 0 Å². The molecule has 4 heteroatoms. The van der Waals surface area contributed by atoms with Crippen LogP contribution in [0.15, 0.2) is 53.5 Å². The fourth-order valence-corrected chi connectivity index (χ4v) is 5.64. The molecule has 146 valence electrons. The number of methoxy groups -OCH3 is 1. The van der Waals surface area contributed by atoms with Gasteiger partial charge in [0.05, 0.1) is 30.7 Å². The molecule has 2 saturated carbocycles. The molecular formula is C24H29N3O. The van der Waals surface area contributed by atoms with E-state index in [0.29, 0.717) is 5.92 Å². The largest absolute Gasteiger partial charge is 0.497 e. The molecule has 1 aliphatic heterocycles. The van der Waals surface area contributed by atoms with E-state index in [2.05, 4.69) is 46.6 Å². The van der Waals surface area contributed by atoms with Crippen molar-refractivity contribution in [2.45, 2.75) is 50.5 Å². The molecule has 0 bridgehead atoms. The van der Waals surface area contributed by atoms with Gasteiger partial charge in [-0.2, -0.15) is 0 Å². The van der Waals surface area contributed by atoms with E-state index in [1.165, 1.54) is 56.3 Å². The van der Waals surface area contributed by atoms with Crippen LogP contribution in [0, 0.1) is 5.92 Å². The summed E-state index contributed by atoms with van der Waals surface area (Å²) in [7, 11) is 1.71. The Morgan fingerprint density at radius 1 is 1.07 bits per heavy atom. The lowest BCUT2D eigenvalue weighted by Gasteiger charge is -2.46. The Morgan fingerprint density at radius 3 is 2.64 bits per heavy atom. The molecular weight excluding hydrogens is 346 g/mol.